The summed E-state index contributed by atoms with van der Waals surface area (Å²) in [5, 5.41) is 9.35. The molecule has 0 saturated carbocycles. The first kappa shape index (κ1) is 23.7. The van der Waals surface area contributed by atoms with Crippen LogP contribution >= 0.6 is 0 Å². The SMILES string of the molecule is CC(C)CCCCCCCCC(OC(=O)C1CC=CCC1C(=O)O)C(C)C. The van der Waals surface area contributed by atoms with Gasteiger partial charge in [0.25, 0.3) is 0 Å². The van der Waals surface area contributed by atoms with Gasteiger partial charge in [-0.2, -0.15) is 0 Å². The Morgan fingerprint density at radius 3 is 1.93 bits per heavy atom. The number of aliphatic carboxylic acids is 1. The molecule has 27 heavy (non-hydrogen) atoms. The van der Waals surface area contributed by atoms with Gasteiger partial charge in [0.05, 0.1) is 11.8 Å². The molecule has 0 bridgehead atoms. The Bertz CT molecular complexity index is 467. The summed E-state index contributed by atoms with van der Waals surface area (Å²) < 4.78 is 5.77. The number of hydrogen-bond acceptors (Lipinski definition) is 3. The van der Waals surface area contributed by atoms with Crippen LogP contribution in [0.5, 0.6) is 0 Å². The summed E-state index contributed by atoms with van der Waals surface area (Å²) in [4.78, 5) is 24.0. The molecule has 0 heterocycles. The molecule has 0 aromatic rings. The average Bonchev–Trinajstić information content (AvgIpc) is 2.62. The summed E-state index contributed by atoms with van der Waals surface area (Å²) in [5.41, 5.74) is 0. The van der Waals surface area contributed by atoms with Crippen molar-refractivity contribution in [1.82, 2.24) is 0 Å². The number of esters is 1. The number of carboxylic acid groups (broad SMARTS) is 1. The highest BCUT2D eigenvalue weighted by Gasteiger charge is 2.36. The van der Waals surface area contributed by atoms with Crippen molar-refractivity contribution in [2.75, 3.05) is 0 Å². The van der Waals surface area contributed by atoms with E-state index in [9.17, 15) is 14.7 Å². The molecule has 0 fully saturated rings. The van der Waals surface area contributed by atoms with Crippen LogP contribution in [0.15, 0.2) is 12.2 Å². The smallest absolute Gasteiger partial charge is 0.310 e. The number of carbonyl (C=O) groups is 2. The second-order valence-corrected chi connectivity index (χ2v) is 8.81. The zero-order valence-corrected chi connectivity index (χ0v) is 17.8. The fourth-order valence-corrected chi connectivity index (χ4v) is 3.72. The first-order valence-electron chi connectivity index (χ1n) is 10.9. The van der Waals surface area contributed by atoms with E-state index in [1.165, 1.54) is 38.5 Å². The van der Waals surface area contributed by atoms with E-state index in [-0.39, 0.29) is 18.0 Å². The number of carbonyl (C=O) groups excluding carboxylic acids is 1. The maximum absolute atomic E-state index is 12.6. The maximum atomic E-state index is 12.6. The summed E-state index contributed by atoms with van der Waals surface area (Å²) >= 11 is 0. The summed E-state index contributed by atoms with van der Waals surface area (Å²) in [6.45, 7) is 8.68. The molecular formula is C23H40O4. The predicted octanol–water partition coefficient (Wildman–Crippen LogP) is 6.00. The van der Waals surface area contributed by atoms with Crippen molar-refractivity contribution in [1.29, 1.82) is 0 Å². The minimum atomic E-state index is -0.903. The van der Waals surface area contributed by atoms with E-state index >= 15 is 0 Å². The van der Waals surface area contributed by atoms with Gasteiger partial charge in [-0.3, -0.25) is 9.59 Å². The van der Waals surface area contributed by atoms with Gasteiger partial charge in [-0.05, 0) is 37.5 Å². The third kappa shape index (κ3) is 9.44. The molecule has 0 radical (unpaired) electrons. The number of rotatable bonds is 13. The number of unbranched alkanes of at least 4 members (excludes halogenated alkanes) is 5. The van der Waals surface area contributed by atoms with Crippen LogP contribution in [0.25, 0.3) is 0 Å². The van der Waals surface area contributed by atoms with E-state index < -0.39 is 17.8 Å². The second-order valence-electron chi connectivity index (χ2n) is 8.81. The van der Waals surface area contributed by atoms with Gasteiger partial charge in [0.2, 0.25) is 0 Å². The topological polar surface area (TPSA) is 63.6 Å². The van der Waals surface area contributed by atoms with E-state index in [1.54, 1.807) is 0 Å². The Balaban J connectivity index is 2.33. The van der Waals surface area contributed by atoms with Crippen LogP contribution in [0.2, 0.25) is 0 Å². The van der Waals surface area contributed by atoms with Crippen LogP contribution < -0.4 is 0 Å². The molecule has 1 aliphatic carbocycles. The van der Waals surface area contributed by atoms with E-state index in [4.69, 9.17) is 4.74 Å². The summed E-state index contributed by atoms with van der Waals surface area (Å²) in [6, 6.07) is 0. The van der Waals surface area contributed by atoms with Gasteiger partial charge in [0.15, 0.2) is 0 Å². The van der Waals surface area contributed by atoms with Gasteiger partial charge < -0.3 is 9.84 Å². The molecule has 1 N–H and O–H groups in total. The van der Waals surface area contributed by atoms with Crippen molar-refractivity contribution in [3.63, 3.8) is 0 Å². The van der Waals surface area contributed by atoms with Crippen LogP contribution in [0.3, 0.4) is 0 Å². The van der Waals surface area contributed by atoms with Gasteiger partial charge in [-0.25, -0.2) is 0 Å². The van der Waals surface area contributed by atoms with Crippen molar-refractivity contribution >= 4 is 11.9 Å². The molecule has 0 spiro atoms. The molecule has 0 aromatic heterocycles. The first-order chi connectivity index (χ1) is 12.8. The van der Waals surface area contributed by atoms with E-state index in [0.717, 1.165) is 18.8 Å². The number of ether oxygens (including phenoxy) is 1. The third-order valence-corrected chi connectivity index (χ3v) is 5.58. The fourth-order valence-electron chi connectivity index (χ4n) is 3.72. The highest BCUT2D eigenvalue weighted by Crippen LogP contribution is 2.28. The molecule has 0 amide bonds. The van der Waals surface area contributed by atoms with Gasteiger partial charge in [0.1, 0.15) is 6.10 Å². The lowest BCUT2D eigenvalue weighted by atomic mass is 9.83. The van der Waals surface area contributed by atoms with Crippen molar-refractivity contribution in [3.8, 4) is 0 Å². The van der Waals surface area contributed by atoms with Gasteiger partial charge in [-0.15, -0.1) is 0 Å². The lowest BCUT2D eigenvalue weighted by molar-refractivity contribution is -0.164. The largest absolute Gasteiger partial charge is 0.481 e. The van der Waals surface area contributed by atoms with Crippen molar-refractivity contribution in [2.45, 2.75) is 98.0 Å². The maximum Gasteiger partial charge on any atom is 0.310 e. The quantitative estimate of drug-likeness (QED) is 0.242. The van der Waals surface area contributed by atoms with Crippen LogP contribution in [0, 0.1) is 23.7 Å². The molecule has 0 saturated heterocycles. The summed E-state index contributed by atoms with van der Waals surface area (Å²) in [5.74, 6) is -1.39. The van der Waals surface area contributed by atoms with E-state index in [2.05, 4.69) is 27.7 Å². The molecule has 0 aliphatic heterocycles. The first-order valence-corrected chi connectivity index (χ1v) is 10.9. The lowest BCUT2D eigenvalue weighted by Gasteiger charge is -2.28. The average molecular weight is 381 g/mol. The zero-order chi connectivity index (χ0) is 20.2. The molecule has 3 unspecified atom stereocenters. The Kier molecular flexibility index (Phi) is 11.4. The van der Waals surface area contributed by atoms with Crippen LogP contribution in [0.4, 0.5) is 0 Å². The monoisotopic (exact) mass is 380 g/mol. The Hall–Kier alpha value is -1.32. The Labute approximate surface area is 165 Å². The molecular weight excluding hydrogens is 340 g/mol. The lowest BCUT2D eigenvalue weighted by Crippen LogP contribution is -2.35. The zero-order valence-electron chi connectivity index (χ0n) is 17.8. The summed E-state index contributed by atoms with van der Waals surface area (Å²) in [6.07, 6.45) is 14.1. The molecule has 4 heteroatoms. The molecule has 1 rings (SSSR count). The van der Waals surface area contributed by atoms with Gasteiger partial charge in [0, 0.05) is 0 Å². The molecule has 4 nitrogen and oxygen atoms in total. The van der Waals surface area contributed by atoms with Crippen LogP contribution in [-0.2, 0) is 14.3 Å². The normalized spacial score (nSPS) is 20.8. The van der Waals surface area contributed by atoms with E-state index in [1.807, 2.05) is 12.2 Å². The Morgan fingerprint density at radius 1 is 0.889 bits per heavy atom. The van der Waals surface area contributed by atoms with Crippen molar-refractivity contribution < 1.29 is 19.4 Å². The molecule has 156 valence electrons. The predicted molar refractivity (Wildman–Crippen MR) is 109 cm³/mol. The van der Waals surface area contributed by atoms with Gasteiger partial charge >= 0.3 is 11.9 Å². The summed E-state index contributed by atoms with van der Waals surface area (Å²) in [7, 11) is 0. The minimum absolute atomic E-state index is 0.112. The number of hydrogen-bond donors (Lipinski definition) is 1. The van der Waals surface area contributed by atoms with E-state index in [0.29, 0.717) is 12.8 Å². The second kappa shape index (κ2) is 13.0. The van der Waals surface area contributed by atoms with Crippen LogP contribution in [0.1, 0.15) is 91.9 Å². The highest BCUT2D eigenvalue weighted by atomic mass is 16.5. The fraction of sp³-hybridized carbons (Fsp3) is 0.826. The number of carboxylic acids is 1. The minimum Gasteiger partial charge on any atom is -0.481 e. The van der Waals surface area contributed by atoms with Crippen LogP contribution in [-0.4, -0.2) is 23.1 Å². The molecule has 0 aromatic carbocycles. The highest BCUT2D eigenvalue weighted by molar-refractivity contribution is 5.81. The molecule has 3 atom stereocenters. The van der Waals surface area contributed by atoms with Crippen molar-refractivity contribution in [3.05, 3.63) is 12.2 Å². The standard InChI is InChI=1S/C23H40O4/c1-17(2)13-9-7-5-6-8-10-16-21(18(3)4)27-23(26)20-15-12-11-14-19(20)22(24)25/h11-12,17-21H,5-10,13-16H2,1-4H3,(H,24,25). The molecule has 1 aliphatic rings. The Morgan fingerprint density at radius 2 is 1.41 bits per heavy atom. The van der Waals surface area contributed by atoms with Gasteiger partial charge in [-0.1, -0.05) is 78.4 Å². The third-order valence-electron chi connectivity index (χ3n) is 5.58. The number of allylic oxidation sites excluding steroid dienone is 2. The van der Waals surface area contributed by atoms with Crippen molar-refractivity contribution in [2.24, 2.45) is 23.7 Å².